The van der Waals surface area contributed by atoms with E-state index in [4.69, 9.17) is 9.47 Å². The van der Waals surface area contributed by atoms with E-state index in [2.05, 4.69) is 25.2 Å². The number of methoxy groups -OCH3 is 1. The average Bonchev–Trinajstić information content (AvgIpc) is 2.55. The molecule has 1 amide bonds. The summed E-state index contributed by atoms with van der Waals surface area (Å²) in [6.45, 7) is 4.59. The van der Waals surface area contributed by atoms with E-state index in [0.717, 1.165) is 17.2 Å². The monoisotopic (exact) mass is 313 g/mol. The standard InChI is InChI=1S/C19H23NO3/c1-14(2)15-5-4-6-16(13-15)20-19(21)11-12-23-18-9-7-17(22-3)8-10-18/h4-10,13-14H,11-12H2,1-3H3,(H,20,21). The molecule has 4 heteroatoms. The maximum Gasteiger partial charge on any atom is 0.227 e. The van der Waals surface area contributed by atoms with Gasteiger partial charge in [-0.15, -0.1) is 0 Å². The second-order valence-electron chi connectivity index (χ2n) is 5.60. The van der Waals surface area contributed by atoms with Gasteiger partial charge in [0.2, 0.25) is 5.91 Å². The first kappa shape index (κ1) is 16.9. The van der Waals surface area contributed by atoms with E-state index in [1.807, 2.05) is 42.5 Å². The van der Waals surface area contributed by atoms with Crippen LogP contribution in [0.3, 0.4) is 0 Å². The van der Waals surface area contributed by atoms with Crippen molar-refractivity contribution in [2.75, 3.05) is 19.0 Å². The maximum atomic E-state index is 12.0. The van der Waals surface area contributed by atoms with Crippen LogP contribution in [0.2, 0.25) is 0 Å². The Morgan fingerprint density at radius 1 is 1.09 bits per heavy atom. The molecule has 0 bridgehead atoms. The minimum atomic E-state index is -0.0561. The van der Waals surface area contributed by atoms with Crippen molar-refractivity contribution >= 4 is 11.6 Å². The Balaban J connectivity index is 1.79. The van der Waals surface area contributed by atoms with E-state index in [9.17, 15) is 4.79 Å². The summed E-state index contributed by atoms with van der Waals surface area (Å²) in [4.78, 5) is 12.0. The van der Waals surface area contributed by atoms with Gasteiger partial charge in [0.25, 0.3) is 0 Å². The third-order valence-corrected chi connectivity index (χ3v) is 3.49. The molecule has 4 nitrogen and oxygen atoms in total. The van der Waals surface area contributed by atoms with Crippen molar-refractivity contribution in [1.82, 2.24) is 0 Å². The molecule has 0 radical (unpaired) electrons. The van der Waals surface area contributed by atoms with Crippen LogP contribution in [0, 0.1) is 0 Å². The fourth-order valence-electron chi connectivity index (χ4n) is 2.13. The first-order valence-electron chi connectivity index (χ1n) is 7.75. The molecule has 0 saturated heterocycles. The van der Waals surface area contributed by atoms with E-state index in [0.29, 0.717) is 18.9 Å². The normalized spacial score (nSPS) is 10.4. The lowest BCUT2D eigenvalue weighted by Crippen LogP contribution is -2.15. The van der Waals surface area contributed by atoms with Crippen molar-refractivity contribution in [3.63, 3.8) is 0 Å². The number of ether oxygens (including phenoxy) is 2. The molecule has 0 spiro atoms. The van der Waals surface area contributed by atoms with E-state index in [1.54, 1.807) is 7.11 Å². The van der Waals surface area contributed by atoms with Gasteiger partial charge in [0.1, 0.15) is 11.5 Å². The smallest absolute Gasteiger partial charge is 0.227 e. The van der Waals surface area contributed by atoms with Gasteiger partial charge in [0.15, 0.2) is 0 Å². The summed E-state index contributed by atoms with van der Waals surface area (Å²) in [6.07, 6.45) is 0.304. The molecular weight excluding hydrogens is 290 g/mol. The fraction of sp³-hybridized carbons (Fsp3) is 0.316. The summed E-state index contributed by atoms with van der Waals surface area (Å²) in [5.74, 6) is 1.88. The van der Waals surface area contributed by atoms with Gasteiger partial charge in [-0.2, -0.15) is 0 Å². The van der Waals surface area contributed by atoms with E-state index in [1.165, 1.54) is 5.56 Å². The van der Waals surface area contributed by atoms with Crippen LogP contribution in [0.4, 0.5) is 5.69 Å². The van der Waals surface area contributed by atoms with E-state index in [-0.39, 0.29) is 5.91 Å². The van der Waals surface area contributed by atoms with Crippen LogP contribution in [0.25, 0.3) is 0 Å². The number of rotatable bonds is 7. The fourth-order valence-corrected chi connectivity index (χ4v) is 2.13. The number of hydrogen-bond acceptors (Lipinski definition) is 3. The molecule has 23 heavy (non-hydrogen) atoms. The van der Waals surface area contributed by atoms with Crippen LogP contribution in [-0.4, -0.2) is 19.6 Å². The molecule has 0 aromatic heterocycles. The number of benzene rings is 2. The zero-order valence-corrected chi connectivity index (χ0v) is 13.8. The number of carbonyl (C=O) groups excluding carboxylic acids is 1. The molecule has 0 heterocycles. The highest BCUT2D eigenvalue weighted by Gasteiger charge is 2.05. The summed E-state index contributed by atoms with van der Waals surface area (Å²) in [6, 6.07) is 15.2. The predicted octanol–water partition coefficient (Wildman–Crippen LogP) is 4.23. The predicted molar refractivity (Wildman–Crippen MR) is 92.3 cm³/mol. The van der Waals surface area contributed by atoms with Crippen molar-refractivity contribution in [1.29, 1.82) is 0 Å². The van der Waals surface area contributed by atoms with Crippen LogP contribution in [0.15, 0.2) is 48.5 Å². The van der Waals surface area contributed by atoms with Crippen LogP contribution < -0.4 is 14.8 Å². The van der Waals surface area contributed by atoms with Crippen molar-refractivity contribution in [3.8, 4) is 11.5 Å². The van der Waals surface area contributed by atoms with Gasteiger partial charge in [0, 0.05) is 5.69 Å². The average molecular weight is 313 g/mol. The van der Waals surface area contributed by atoms with Crippen LogP contribution in [0.1, 0.15) is 31.7 Å². The minimum absolute atomic E-state index is 0.0561. The zero-order valence-electron chi connectivity index (χ0n) is 13.8. The number of nitrogens with one attached hydrogen (secondary N) is 1. The Morgan fingerprint density at radius 2 is 1.78 bits per heavy atom. The Morgan fingerprint density at radius 3 is 2.43 bits per heavy atom. The van der Waals surface area contributed by atoms with Gasteiger partial charge < -0.3 is 14.8 Å². The second kappa shape index (κ2) is 8.22. The summed E-state index contributed by atoms with van der Waals surface area (Å²) in [7, 11) is 1.62. The van der Waals surface area contributed by atoms with Gasteiger partial charge >= 0.3 is 0 Å². The lowest BCUT2D eigenvalue weighted by Gasteiger charge is -2.10. The molecule has 0 aliphatic carbocycles. The lowest BCUT2D eigenvalue weighted by atomic mass is 10.0. The quantitative estimate of drug-likeness (QED) is 0.832. The van der Waals surface area contributed by atoms with Crippen molar-refractivity contribution < 1.29 is 14.3 Å². The SMILES string of the molecule is COc1ccc(OCCC(=O)Nc2cccc(C(C)C)c2)cc1. The molecule has 0 atom stereocenters. The number of amides is 1. The van der Waals surface area contributed by atoms with E-state index < -0.39 is 0 Å². The molecule has 0 aliphatic rings. The zero-order chi connectivity index (χ0) is 16.7. The van der Waals surface area contributed by atoms with Crippen molar-refractivity contribution in [2.45, 2.75) is 26.2 Å². The largest absolute Gasteiger partial charge is 0.497 e. The molecule has 0 fully saturated rings. The van der Waals surface area contributed by atoms with Crippen molar-refractivity contribution in [3.05, 3.63) is 54.1 Å². The molecule has 1 N–H and O–H groups in total. The molecule has 0 saturated carbocycles. The van der Waals surface area contributed by atoms with Gasteiger partial charge in [-0.3, -0.25) is 4.79 Å². The Labute approximate surface area is 137 Å². The maximum absolute atomic E-state index is 12.0. The number of hydrogen-bond donors (Lipinski definition) is 1. The first-order chi connectivity index (χ1) is 11.1. The van der Waals surface area contributed by atoms with Gasteiger partial charge in [-0.1, -0.05) is 26.0 Å². The number of carbonyl (C=O) groups is 1. The molecule has 2 aromatic rings. The third-order valence-electron chi connectivity index (χ3n) is 3.49. The highest BCUT2D eigenvalue weighted by Crippen LogP contribution is 2.19. The highest BCUT2D eigenvalue weighted by atomic mass is 16.5. The Bertz CT molecular complexity index is 635. The Kier molecular flexibility index (Phi) is 6.03. The van der Waals surface area contributed by atoms with Crippen LogP contribution in [-0.2, 0) is 4.79 Å². The Hall–Kier alpha value is -2.49. The minimum Gasteiger partial charge on any atom is -0.497 e. The molecule has 2 rings (SSSR count). The summed E-state index contributed by atoms with van der Waals surface area (Å²) in [5.41, 5.74) is 2.03. The lowest BCUT2D eigenvalue weighted by molar-refractivity contribution is -0.116. The number of anilines is 1. The van der Waals surface area contributed by atoms with Crippen molar-refractivity contribution in [2.24, 2.45) is 0 Å². The topological polar surface area (TPSA) is 47.6 Å². The van der Waals surface area contributed by atoms with Gasteiger partial charge in [0.05, 0.1) is 20.1 Å². The van der Waals surface area contributed by atoms with Gasteiger partial charge in [-0.05, 0) is 47.9 Å². The molecular formula is C19H23NO3. The highest BCUT2D eigenvalue weighted by molar-refractivity contribution is 5.90. The van der Waals surface area contributed by atoms with Gasteiger partial charge in [-0.25, -0.2) is 0 Å². The molecule has 0 aliphatic heterocycles. The molecule has 2 aromatic carbocycles. The first-order valence-corrected chi connectivity index (χ1v) is 7.75. The molecule has 0 unspecified atom stereocenters. The van der Waals surface area contributed by atoms with Crippen LogP contribution >= 0.6 is 0 Å². The summed E-state index contributed by atoms with van der Waals surface area (Å²) >= 11 is 0. The summed E-state index contributed by atoms with van der Waals surface area (Å²) in [5, 5.41) is 2.90. The van der Waals surface area contributed by atoms with Crippen LogP contribution in [0.5, 0.6) is 11.5 Å². The molecule has 122 valence electrons. The van der Waals surface area contributed by atoms with E-state index >= 15 is 0 Å². The second-order valence-corrected chi connectivity index (χ2v) is 5.60. The third kappa shape index (κ3) is 5.33. The summed E-state index contributed by atoms with van der Waals surface area (Å²) < 4.78 is 10.6.